The first-order valence-electron chi connectivity index (χ1n) is 6.39. The molecular formula is C12H20N2O4. The smallest absolute Gasteiger partial charge is 0.308 e. The SMILES string of the molecule is NCC1(C(=O)N2CCC(C(=O)O)C2)CCOCC1. The number of amides is 1. The van der Waals surface area contributed by atoms with Gasteiger partial charge in [0.2, 0.25) is 5.91 Å². The number of nitrogens with zero attached hydrogens (tertiary/aromatic N) is 1. The number of ether oxygens (including phenoxy) is 1. The molecule has 0 saturated carbocycles. The summed E-state index contributed by atoms with van der Waals surface area (Å²) < 4.78 is 5.28. The molecule has 0 aliphatic carbocycles. The monoisotopic (exact) mass is 256 g/mol. The Hall–Kier alpha value is -1.14. The largest absolute Gasteiger partial charge is 0.481 e. The zero-order chi connectivity index (χ0) is 13.2. The van der Waals surface area contributed by atoms with Crippen LogP contribution in [0.5, 0.6) is 0 Å². The zero-order valence-electron chi connectivity index (χ0n) is 10.4. The van der Waals surface area contributed by atoms with Gasteiger partial charge in [0.05, 0.1) is 11.3 Å². The first kappa shape index (κ1) is 13.3. The van der Waals surface area contributed by atoms with Crippen molar-refractivity contribution in [2.45, 2.75) is 19.3 Å². The van der Waals surface area contributed by atoms with E-state index in [1.54, 1.807) is 4.90 Å². The summed E-state index contributed by atoms with van der Waals surface area (Å²) in [5, 5.41) is 8.96. The third kappa shape index (κ3) is 2.35. The van der Waals surface area contributed by atoms with E-state index in [1.807, 2.05) is 0 Å². The van der Waals surface area contributed by atoms with Gasteiger partial charge in [-0.15, -0.1) is 0 Å². The maximum absolute atomic E-state index is 12.5. The highest BCUT2D eigenvalue weighted by Gasteiger charge is 2.43. The molecule has 0 aromatic rings. The van der Waals surface area contributed by atoms with Crippen molar-refractivity contribution in [2.24, 2.45) is 17.1 Å². The van der Waals surface area contributed by atoms with Crippen molar-refractivity contribution in [3.05, 3.63) is 0 Å². The molecule has 2 aliphatic heterocycles. The molecule has 0 aromatic carbocycles. The van der Waals surface area contributed by atoms with Gasteiger partial charge in [-0.2, -0.15) is 0 Å². The van der Waals surface area contributed by atoms with E-state index in [1.165, 1.54) is 0 Å². The molecular weight excluding hydrogens is 236 g/mol. The summed E-state index contributed by atoms with van der Waals surface area (Å²) in [6.45, 7) is 2.26. The van der Waals surface area contributed by atoms with Crippen LogP contribution < -0.4 is 5.73 Å². The van der Waals surface area contributed by atoms with Crippen molar-refractivity contribution in [1.82, 2.24) is 4.90 Å². The van der Waals surface area contributed by atoms with Crippen LogP contribution in [0, 0.1) is 11.3 Å². The molecule has 2 fully saturated rings. The minimum absolute atomic E-state index is 0.0112. The molecule has 1 unspecified atom stereocenters. The number of carboxylic acids is 1. The van der Waals surface area contributed by atoms with Crippen LogP contribution in [0.15, 0.2) is 0 Å². The van der Waals surface area contributed by atoms with E-state index in [9.17, 15) is 9.59 Å². The lowest BCUT2D eigenvalue weighted by Gasteiger charge is -2.37. The summed E-state index contributed by atoms with van der Waals surface area (Å²) in [5.74, 6) is -1.24. The Morgan fingerprint density at radius 3 is 2.56 bits per heavy atom. The molecule has 0 aromatic heterocycles. The Bertz CT molecular complexity index is 339. The predicted molar refractivity (Wildman–Crippen MR) is 63.9 cm³/mol. The third-order valence-corrected chi connectivity index (χ3v) is 4.12. The van der Waals surface area contributed by atoms with Crippen molar-refractivity contribution >= 4 is 11.9 Å². The van der Waals surface area contributed by atoms with Gasteiger partial charge in [0.1, 0.15) is 0 Å². The van der Waals surface area contributed by atoms with Crippen molar-refractivity contribution in [3.63, 3.8) is 0 Å². The minimum Gasteiger partial charge on any atom is -0.481 e. The van der Waals surface area contributed by atoms with E-state index in [0.717, 1.165) is 0 Å². The highest BCUT2D eigenvalue weighted by atomic mass is 16.5. The number of hydrogen-bond acceptors (Lipinski definition) is 4. The van der Waals surface area contributed by atoms with Crippen molar-refractivity contribution in [2.75, 3.05) is 32.8 Å². The first-order chi connectivity index (χ1) is 8.59. The lowest BCUT2D eigenvalue weighted by Crippen LogP contribution is -2.50. The van der Waals surface area contributed by atoms with Crippen LogP contribution in [0.25, 0.3) is 0 Å². The van der Waals surface area contributed by atoms with Gasteiger partial charge in [0, 0.05) is 32.8 Å². The second kappa shape index (κ2) is 5.24. The van der Waals surface area contributed by atoms with Crippen molar-refractivity contribution < 1.29 is 19.4 Å². The van der Waals surface area contributed by atoms with E-state index in [-0.39, 0.29) is 5.91 Å². The van der Waals surface area contributed by atoms with Gasteiger partial charge in [-0.3, -0.25) is 9.59 Å². The molecule has 2 aliphatic rings. The Morgan fingerprint density at radius 1 is 1.39 bits per heavy atom. The van der Waals surface area contributed by atoms with Gasteiger partial charge < -0.3 is 20.5 Å². The molecule has 2 rings (SSSR count). The molecule has 6 heteroatoms. The van der Waals surface area contributed by atoms with Crippen LogP contribution in [0.1, 0.15) is 19.3 Å². The van der Waals surface area contributed by atoms with Gasteiger partial charge in [0.25, 0.3) is 0 Å². The molecule has 102 valence electrons. The average Bonchev–Trinajstić information content (AvgIpc) is 2.88. The third-order valence-electron chi connectivity index (χ3n) is 4.12. The fourth-order valence-electron chi connectivity index (χ4n) is 2.75. The Labute approximate surface area is 106 Å². The van der Waals surface area contributed by atoms with Gasteiger partial charge in [-0.05, 0) is 19.3 Å². The molecule has 18 heavy (non-hydrogen) atoms. The zero-order valence-corrected chi connectivity index (χ0v) is 10.4. The maximum Gasteiger partial charge on any atom is 0.308 e. The maximum atomic E-state index is 12.5. The highest BCUT2D eigenvalue weighted by molar-refractivity contribution is 5.84. The first-order valence-corrected chi connectivity index (χ1v) is 6.39. The Kier molecular flexibility index (Phi) is 3.87. The van der Waals surface area contributed by atoms with E-state index in [2.05, 4.69) is 0 Å². The van der Waals surface area contributed by atoms with Crippen LogP contribution in [0.2, 0.25) is 0 Å². The molecule has 3 N–H and O–H groups in total. The standard InChI is InChI=1S/C12H20N2O4/c13-8-12(2-5-18-6-3-12)11(17)14-4-1-9(7-14)10(15)16/h9H,1-8,13H2,(H,15,16). The number of hydrogen-bond donors (Lipinski definition) is 2. The number of nitrogens with two attached hydrogens (primary N) is 1. The second-order valence-electron chi connectivity index (χ2n) is 5.17. The van der Waals surface area contributed by atoms with E-state index in [0.29, 0.717) is 52.1 Å². The average molecular weight is 256 g/mol. The lowest BCUT2D eigenvalue weighted by atomic mass is 9.79. The van der Waals surface area contributed by atoms with E-state index < -0.39 is 17.3 Å². The van der Waals surface area contributed by atoms with Crippen LogP contribution in [0.3, 0.4) is 0 Å². The van der Waals surface area contributed by atoms with Gasteiger partial charge in [0.15, 0.2) is 0 Å². The normalized spacial score (nSPS) is 27.2. The molecule has 0 bridgehead atoms. The number of carbonyl (C=O) groups excluding carboxylic acids is 1. The minimum atomic E-state index is -0.820. The Balaban J connectivity index is 2.04. The van der Waals surface area contributed by atoms with Crippen molar-refractivity contribution in [1.29, 1.82) is 0 Å². The number of carboxylic acid groups (broad SMARTS) is 1. The number of carbonyl (C=O) groups is 2. The van der Waals surface area contributed by atoms with Gasteiger partial charge in [-0.25, -0.2) is 0 Å². The highest BCUT2D eigenvalue weighted by Crippen LogP contribution is 2.33. The van der Waals surface area contributed by atoms with Gasteiger partial charge >= 0.3 is 5.97 Å². The summed E-state index contributed by atoms with van der Waals surface area (Å²) in [4.78, 5) is 25.1. The number of likely N-dealkylation sites (tertiary alicyclic amines) is 1. The molecule has 2 saturated heterocycles. The fraction of sp³-hybridized carbons (Fsp3) is 0.833. The molecule has 0 spiro atoms. The predicted octanol–water partition coefficient (Wildman–Crippen LogP) is -0.325. The number of aliphatic carboxylic acids is 1. The van der Waals surface area contributed by atoms with Crippen LogP contribution in [-0.2, 0) is 14.3 Å². The van der Waals surface area contributed by atoms with Crippen LogP contribution in [-0.4, -0.2) is 54.7 Å². The summed E-state index contributed by atoms with van der Waals surface area (Å²) in [7, 11) is 0. The summed E-state index contributed by atoms with van der Waals surface area (Å²) in [6.07, 6.45) is 1.81. The van der Waals surface area contributed by atoms with Gasteiger partial charge in [-0.1, -0.05) is 0 Å². The van der Waals surface area contributed by atoms with Crippen molar-refractivity contribution in [3.8, 4) is 0 Å². The second-order valence-corrected chi connectivity index (χ2v) is 5.17. The summed E-state index contributed by atoms with van der Waals surface area (Å²) >= 11 is 0. The quantitative estimate of drug-likeness (QED) is 0.721. The van der Waals surface area contributed by atoms with E-state index in [4.69, 9.17) is 15.6 Å². The molecule has 0 radical (unpaired) electrons. The summed E-state index contributed by atoms with van der Waals surface area (Å²) in [6, 6.07) is 0. The fourth-order valence-corrected chi connectivity index (χ4v) is 2.75. The summed E-state index contributed by atoms with van der Waals surface area (Å²) in [5.41, 5.74) is 5.25. The lowest BCUT2D eigenvalue weighted by molar-refractivity contribution is -0.147. The topological polar surface area (TPSA) is 92.9 Å². The van der Waals surface area contributed by atoms with Crippen LogP contribution in [0.4, 0.5) is 0 Å². The Morgan fingerprint density at radius 2 is 2.06 bits per heavy atom. The molecule has 6 nitrogen and oxygen atoms in total. The van der Waals surface area contributed by atoms with Crippen LogP contribution >= 0.6 is 0 Å². The number of rotatable bonds is 3. The van der Waals surface area contributed by atoms with E-state index >= 15 is 0 Å². The molecule has 1 amide bonds. The molecule has 2 heterocycles. The molecule has 1 atom stereocenters.